The van der Waals surface area contributed by atoms with Crippen LogP contribution in [0.1, 0.15) is 32.3 Å². The molecule has 1 fully saturated rings. The van der Waals surface area contributed by atoms with Crippen LogP contribution < -0.4 is 4.90 Å². The molecule has 2 aromatic rings. The molecule has 0 bridgehead atoms. The third-order valence-electron chi connectivity index (χ3n) is 5.43. The van der Waals surface area contributed by atoms with Gasteiger partial charge in [0.2, 0.25) is 0 Å². The van der Waals surface area contributed by atoms with Crippen molar-refractivity contribution in [2.75, 3.05) is 19.0 Å². The first-order valence-electron chi connectivity index (χ1n) is 9.29. The number of thioether (sulfide) groups is 1. The van der Waals surface area contributed by atoms with Crippen LogP contribution in [0.25, 0.3) is 6.08 Å². The second-order valence-corrected chi connectivity index (χ2v) is 9.61. The summed E-state index contributed by atoms with van der Waals surface area (Å²) in [5.74, 6) is 0.507. The molecule has 2 nitrogen and oxygen atoms in total. The normalized spacial score (nSPS) is 22.4. The smallest absolute Gasteiger partial charge is 0.0769 e. The molecule has 4 rings (SSSR count). The van der Waals surface area contributed by atoms with Crippen molar-refractivity contribution in [3.8, 4) is 0 Å². The average Bonchev–Trinajstić information content (AvgIpc) is 2.95. The predicted octanol–water partition coefficient (Wildman–Crippen LogP) is 6.20. The molecule has 1 aliphatic heterocycles. The summed E-state index contributed by atoms with van der Waals surface area (Å²) in [6.45, 7) is 4.74. The van der Waals surface area contributed by atoms with Crippen molar-refractivity contribution in [2.24, 2.45) is 10.9 Å². The highest BCUT2D eigenvalue weighted by Gasteiger charge is 2.41. The van der Waals surface area contributed by atoms with E-state index < -0.39 is 0 Å². The molecule has 0 spiro atoms. The van der Waals surface area contributed by atoms with Crippen LogP contribution >= 0.6 is 11.8 Å². The minimum absolute atomic E-state index is 0.163. The van der Waals surface area contributed by atoms with E-state index in [1.54, 1.807) is 0 Å². The second kappa shape index (κ2) is 6.62. The van der Waals surface area contributed by atoms with Gasteiger partial charge in [-0.2, -0.15) is 0 Å². The van der Waals surface area contributed by atoms with Gasteiger partial charge in [-0.05, 0) is 68.2 Å². The van der Waals surface area contributed by atoms with E-state index in [-0.39, 0.29) is 4.75 Å². The molecule has 2 aliphatic rings. The zero-order valence-electron chi connectivity index (χ0n) is 16.0. The quantitative estimate of drug-likeness (QED) is 0.632. The van der Waals surface area contributed by atoms with E-state index in [1.807, 2.05) is 11.8 Å². The van der Waals surface area contributed by atoms with Crippen LogP contribution in [0.15, 0.2) is 64.0 Å². The summed E-state index contributed by atoms with van der Waals surface area (Å²) in [4.78, 5) is 8.57. The predicted molar refractivity (Wildman–Crippen MR) is 115 cm³/mol. The number of fused-ring (bicyclic) bond motifs is 2. The number of para-hydroxylation sites is 1. The zero-order valence-corrected chi connectivity index (χ0v) is 16.8. The van der Waals surface area contributed by atoms with Crippen LogP contribution in [0.3, 0.4) is 0 Å². The highest BCUT2D eigenvalue weighted by atomic mass is 32.2. The van der Waals surface area contributed by atoms with E-state index in [0.717, 1.165) is 12.1 Å². The van der Waals surface area contributed by atoms with E-state index in [4.69, 9.17) is 4.99 Å². The second-order valence-electron chi connectivity index (χ2n) is 7.92. The molecule has 1 heterocycles. The van der Waals surface area contributed by atoms with Crippen LogP contribution in [-0.4, -0.2) is 24.6 Å². The number of allylic oxidation sites excluding steroid dienone is 1. The maximum atomic E-state index is 5.14. The lowest BCUT2D eigenvalue weighted by Crippen LogP contribution is -2.30. The Balaban J connectivity index is 1.74. The molecule has 3 heteroatoms. The molecule has 0 saturated heterocycles. The number of rotatable bonds is 2. The lowest BCUT2D eigenvalue weighted by molar-refractivity contribution is 0.534. The summed E-state index contributed by atoms with van der Waals surface area (Å²) in [7, 11) is 4.15. The Morgan fingerprint density at radius 2 is 1.81 bits per heavy atom. The highest BCUT2D eigenvalue weighted by molar-refractivity contribution is 8.00. The lowest BCUT2D eigenvalue weighted by atomic mass is 9.91. The first-order chi connectivity index (χ1) is 12.4. The first kappa shape index (κ1) is 17.4. The molecule has 134 valence electrons. The minimum atomic E-state index is 0.163. The van der Waals surface area contributed by atoms with Crippen molar-refractivity contribution in [3.63, 3.8) is 0 Å². The number of benzene rings is 2. The molecule has 26 heavy (non-hydrogen) atoms. The monoisotopic (exact) mass is 362 g/mol. The molecule has 0 amide bonds. The van der Waals surface area contributed by atoms with Gasteiger partial charge in [0, 0.05) is 41.1 Å². The Bertz CT molecular complexity index is 875. The molecule has 1 saturated carbocycles. The van der Waals surface area contributed by atoms with Crippen LogP contribution in [0.4, 0.5) is 11.4 Å². The van der Waals surface area contributed by atoms with E-state index in [1.165, 1.54) is 33.9 Å². The highest BCUT2D eigenvalue weighted by Crippen LogP contribution is 2.51. The summed E-state index contributed by atoms with van der Waals surface area (Å²) in [5, 5.41) is 0. The third-order valence-corrected chi connectivity index (χ3v) is 6.81. The van der Waals surface area contributed by atoms with Gasteiger partial charge in [0.25, 0.3) is 0 Å². The van der Waals surface area contributed by atoms with Gasteiger partial charge in [-0.1, -0.05) is 24.3 Å². The van der Waals surface area contributed by atoms with Crippen LogP contribution in [0.2, 0.25) is 0 Å². The Morgan fingerprint density at radius 3 is 2.54 bits per heavy atom. The topological polar surface area (TPSA) is 15.6 Å². The molecule has 1 atom stereocenters. The fourth-order valence-electron chi connectivity index (χ4n) is 3.95. The molecule has 0 aromatic heterocycles. The van der Waals surface area contributed by atoms with Crippen molar-refractivity contribution in [1.29, 1.82) is 0 Å². The Kier molecular flexibility index (Phi) is 4.44. The molecule has 0 radical (unpaired) electrons. The number of nitrogens with zero attached hydrogens (tertiary/aromatic N) is 2. The lowest BCUT2D eigenvalue weighted by Gasteiger charge is -2.29. The number of aliphatic imine (C=N–C) groups is 1. The van der Waals surface area contributed by atoms with Gasteiger partial charge in [-0.15, -0.1) is 11.8 Å². The minimum Gasteiger partial charge on any atom is -0.378 e. The van der Waals surface area contributed by atoms with Crippen molar-refractivity contribution in [1.82, 2.24) is 0 Å². The molecule has 2 aromatic carbocycles. The van der Waals surface area contributed by atoms with Crippen LogP contribution in [0.5, 0.6) is 0 Å². The average molecular weight is 363 g/mol. The fraction of sp³-hybridized carbons (Fsp3) is 0.348. The first-order valence-corrected chi connectivity index (χ1v) is 10.1. The van der Waals surface area contributed by atoms with Crippen molar-refractivity contribution >= 4 is 34.9 Å². The fourth-order valence-corrected chi connectivity index (χ4v) is 5.25. The summed E-state index contributed by atoms with van der Waals surface area (Å²) in [5.41, 5.74) is 6.31. The Morgan fingerprint density at radius 1 is 1.08 bits per heavy atom. The van der Waals surface area contributed by atoms with E-state index in [9.17, 15) is 0 Å². The number of anilines is 1. The summed E-state index contributed by atoms with van der Waals surface area (Å²) >= 11 is 1.98. The van der Waals surface area contributed by atoms with Gasteiger partial charge in [-0.25, -0.2) is 0 Å². The Hall–Kier alpha value is -2.00. The van der Waals surface area contributed by atoms with Gasteiger partial charge < -0.3 is 4.90 Å². The van der Waals surface area contributed by atoms with Gasteiger partial charge in [0.1, 0.15) is 0 Å². The molecule has 0 N–H and O–H groups in total. The summed E-state index contributed by atoms with van der Waals surface area (Å²) < 4.78 is 0.163. The van der Waals surface area contributed by atoms with Crippen molar-refractivity contribution in [2.45, 2.75) is 36.3 Å². The standard InChI is InChI=1S/C23H26N2S/c1-23(2)19-14-11-17(15-16-9-12-18(13-10-16)25(3)4)22(19)24-20-7-5-6-8-21(20)26-23/h5-10,12-13,15,19H,11,14H2,1-4H3/b17-15-. The third kappa shape index (κ3) is 3.21. The number of hydrogen-bond donors (Lipinski definition) is 0. The van der Waals surface area contributed by atoms with Gasteiger partial charge in [0.15, 0.2) is 0 Å². The van der Waals surface area contributed by atoms with Gasteiger partial charge in [0.05, 0.1) is 5.69 Å². The molecular formula is C23H26N2S. The van der Waals surface area contributed by atoms with Crippen molar-refractivity contribution < 1.29 is 0 Å². The Labute approximate surface area is 161 Å². The maximum absolute atomic E-state index is 5.14. The van der Waals surface area contributed by atoms with Crippen LogP contribution in [-0.2, 0) is 0 Å². The van der Waals surface area contributed by atoms with Gasteiger partial charge in [-0.3, -0.25) is 4.99 Å². The van der Waals surface area contributed by atoms with E-state index >= 15 is 0 Å². The SMILES string of the molecule is CN(C)c1ccc(/C=C2/CCC3C2=Nc2ccccc2SC3(C)C)cc1. The zero-order chi connectivity index (χ0) is 18.3. The maximum Gasteiger partial charge on any atom is 0.0769 e. The molecule has 1 aliphatic carbocycles. The molecular weight excluding hydrogens is 336 g/mol. The number of hydrogen-bond acceptors (Lipinski definition) is 3. The largest absolute Gasteiger partial charge is 0.378 e. The summed E-state index contributed by atoms with van der Waals surface area (Å²) in [6, 6.07) is 17.3. The van der Waals surface area contributed by atoms with E-state index in [0.29, 0.717) is 5.92 Å². The van der Waals surface area contributed by atoms with Crippen LogP contribution in [0, 0.1) is 5.92 Å². The molecule has 1 unspecified atom stereocenters. The van der Waals surface area contributed by atoms with Crippen molar-refractivity contribution in [3.05, 3.63) is 59.7 Å². The summed E-state index contributed by atoms with van der Waals surface area (Å²) in [6.07, 6.45) is 4.65. The van der Waals surface area contributed by atoms with Gasteiger partial charge >= 0.3 is 0 Å². The van der Waals surface area contributed by atoms with E-state index in [2.05, 4.69) is 87.4 Å².